The van der Waals surface area contributed by atoms with Crippen molar-refractivity contribution in [2.75, 3.05) is 44.8 Å². The highest BCUT2D eigenvalue weighted by atomic mass is 16.5. The fraction of sp³-hybridized carbons (Fsp3) is 0.375. The van der Waals surface area contributed by atoms with Crippen LogP contribution in [-0.4, -0.2) is 61.9 Å². The van der Waals surface area contributed by atoms with E-state index in [4.69, 9.17) is 16.0 Å². The van der Waals surface area contributed by atoms with Gasteiger partial charge in [-0.2, -0.15) is 5.26 Å². The van der Waals surface area contributed by atoms with Crippen LogP contribution in [0.5, 0.6) is 5.75 Å². The molecule has 1 aliphatic heterocycles. The summed E-state index contributed by atoms with van der Waals surface area (Å²) < 4.78 is 5.28. The Kier molecular flexibility index (Phi) is 7.82. The van der Waals surface area contributed by atoms with E-state index in [0.717, 1.165) is 49.1 Å². The largest absolute Gasteiger partial charge is 0.495 e. The maximum atomic E-state index is 12.7. The molecule has 32 heavy (non-hydrogen) atoms. The highest BCUT2D eigenvalue weighted by molar-refractivity contribution is 5.79. The third-order valence-corrected chi connectivity index (χ3v) is 6.02. The van der Waals surface area contributed by atoms with Gasteiger partial charge in [0, 0.05) is 32.7 Å². The van der Waals surface area contributed by atoms with E-state index in [-0.39, 0.29) is 5.91 Å². The predicted octanol–water partition coefficient (Wildman–Crippen LogP) is 2.09. The van der Waals surface area contributed by atoms with Crippen molar-refractivity contribution in [3.8, 4) is 11.8 Å². The van der Waals surface area contributed by atoms with Gasteiger partial charge in [-0.3, -0.25) is 20.1 Å². The molecule has 0 aliphatic carbocycles. The van der Waals surface area contributed by atoms with E-state index < -0.39 is 0 Å². The lowest BCUT2D eigenvalue weighted by Crippen LogP contribution is -2.49. The first kappa shape index (κ1) is 23.3. The number of hydrogen-bond acceptors (Lipinski definition) is 6. The summed E-state index contributed by atoms with van der Waals surface area (Å²) in [6.45, 7) is 5.97. The zero-order chi connectivity index (χ0) is 23.1. The first-order valence-electron chi connectivity index (χ1n) is 10.7. The van der Waals surface area contributed by atoms with E-state index in [1.165, 1.54) is 5.01 Å². The summed E-state index contributed by atoms with van der Waals surface area (Å²) in [5.74, 6) is 6.40. The average molecular weight is 435 g/mol. The summed E-state index contributed by atoms with van der Waals surface area (Å²) >= 11 is 0. The van der Waals surface area contributed by atoms with Crippen molar-refractivity contribution in [1.29, 1.82) is 10.7 Å². The molecule has 1 aliphatic rings. The number of hydrazine groups is 1. The molecule has 3 rings (SSSR count). The molecule has 0 bridgehead atoms. The van der Waals surface area contributed by atoms with Crippen LogP contribution in [0.1, 0.15) is 22.3 Å². The van der Waals surface area contributed by atoms with Crippen molar-refractivity contribution in [2.45, 2.75) is 19.8 Å². The fourth-order valence-corrected chi connectivity index (χ4v) is 3.96. The summed E-state index contributed by atoms with van der Waals surface area (Å²) in [4.78, 5) is 17.0. The Bertz CT molecular complexity index is 991. The smallest absolute Gasteiger partial charge is 0.227 e. The molecule has 0 saturated carbocycles. The lowest BCUT2D eigenvalue weighted by Gasteiger charge is -2.35. The maximum absolute atomic E-state index is 12.7. The number of piperazine rings is 1. The Morgan fingerprint density at radius 1 is 1.22 bits per heavy atom. The van der Waals surface area contributed by atoms with Crippen LogP contribution in [0.2, 0.25) is 0 Å². The first-order chi connectivity index (χ1) is 15.5. The minimum Gasteiger partial charge on any atom is -0.495 e. The third kappa shape index (κ3) is 5.44. The topological polar surface area (TPSA) is 110 Å². The second kappa shape index (κ2) is 10.8. The van der Waals surface area contributed by atoms with Crippen LogP contribution in [0.15, 0.2) is 36.4 Å². The van der Waals surface area contributed by atoms with Gasteiger partial charge in [0.05, 0.1) is 24.8 Å². The molecule has 0 radical (unpaired) electrons. The van der Waals surface area contributed by atoms with Gasteiger partial charge in [0.1, 0.15) is 18.2 Å². The van der Waals surface area contributed by atoms with Crippen LogP contribution in [0.3, 0.4) is 0 Å². The molecule has 0 atom stereocenters. The van der Waals surface area contributed by atoms with E-state index in [0.29, 0.717) is 36.5 Å². The van der Waals surface area contributed by atoms with E-state index in [2.05, 4.69) is 11.0 Å². The van der Waals surface area contributed by atoms with E-state index in [1.54, 1.807) is 7.11 Å². The van der Waals surface area contributed by atoms with Gasteiger partial charge in [-0.25, -0.2) is 5.84 Å². The second-order valence-electron chi connectivity index (χ2n) is 7.89. The molecule has 8 heteroatoms. The number of methoxy groups -OCH3 is 1. The second-order valence-corrected chi connectivity index (χ2v) is 7.89. The summed E-state index contributed by atoms with van der Waals surface area (Å²) in [7, 11) is 1.58. The number of carbonyl (C=O) groups is 1. The first-order valence-corrected chi connectivity index (χ1v) is 10.7. The van der Waals surface area contributed by atoms with Gasteiger partial charge in [-0.15, -0.1) is 0 Å². The SMILES string of the molecule is COc1ccc(CCN2CCN(C(=O)Cc3ccc(N(N)C=N)cc3)CC2)c(C)c1C#N. The summed E-state index contributed by atoms with van der Waals surface area (Å²) in [5.41, 5.74) is 4.38. The lowest BCUT2D eigenvalue weighted by atomic mass is 9.99. The van der Waals surface area contributed by atoms with E-state index in [9.17, 15) is 10.1 Å². The number of ether oxygens (including phenoxy) is 1. The summed E-state index contributed by atoms with van der Waals surface area (Å²) in [5, 5.41) is 17.8. The minimum atomic E-state index is 0.124. The van der Waals surface area contributed by atoms with Crippen LogP contribution in [0.25, 0.3) is 0 Å². The van der Waals surface area contributed by atoms with Gasteiger partial charge in [0.15, 0.2) is 0 Å². The Balaban J connectivity index is 1.48. The normalized spacial score (nSPS) is 14.0. The van der Waals surface area contributed by atoms with Crippen molar-refractivity contribution < 1.29 is 9.53 Å². The Hall–Kier alpha value is -3.41. The van der Waals surface area contributed by atoms with Crippen molar-refractivity contribution >= 4 is 17.9 Å². The quantitative estimate of drug-likeness (QED) is 0.285. The van der Waals surface area contributed by atoms with Gasteiger partial charge >= 0.3 is 0 Å². The molecule has 0 aromatic heterocycles. The number of benzene rings is 2. The molecule has 2 aromatic carbocycles. The molecule has 1 heterocycles. The van der Waals surface area contributed by atoms with Crippen molar-refractivity contribution in [3.63, 3.8) is 0 Å². The number of nitrogens with zero attached hydrogens (tertiary/aromatic N) is 4. The highest BCUT2D eigenvalue weighted by Gasteiger charge is 2.21. The van der Waals surface area contributed by atoms with Crippen LogP contribution in [0.4, 0.5) is 5.69 Å². The molecule has 8 nitrogen and oxygen atoms in total. The van der Waals surface area contributed by atoms with Gasteiger partial charge in [0.25, 0.3) is 0 Å². The summed E-state index contributed by atoms with van der Waals surface area (Å²) in [6, 6.07) is 13.5. The number of carbonyl (C=O) groups excluding carboxylic acids is 1. The number of nitrogens with two attached hydrogens (primary N) is 1. The van der Waals surface area contributed by atoms with Crippen molar-refractivity contribution in [1.82, 2.24) is 9.80 Å². The van der Waals surface area contributed by atoms with Gasteiger partial charge < -0.3 is 9.64 Å². The highest BCUT2D eigenvalue weighted by Crippen LogP contribution is 2.24. The van der Waals surface area contributed by atoms with Crippen LogP contribution in [0, 0.1) is 23.7 Å². The van der Waals surface area contributed by atoms with Crippen LogP contribution in [-0.2, 0) is 17.6 Å². The number of rotatable bonds is 8. The monoisotopic (exact) mass is 434 g/mol. The lowest BCUT2D eigenvalue weighted by molar-refractivity contribution is -0.132. The number of anilines is 1. The van der Waals surface area contributed by atoms with Gasteiger partial charge in [-0.1, -0.05) is 18.2 Å². The molecule has 0 unspecified atom stereocenters. The standard InChI is InChI=1S/C24H30N6O2/c1-18-20(5-8-23(32-2)22(18)16-25)9-10-28-11-13-29(14-12-28)24(31)15-19-3-6-21(7-4-19)30(27)17-26/h3-8,17,26H,9-15,27H2,1-2H3. The van der Waals surface area contributed by atoms with Crippen molar-refractivity contribution in [2.24, 2.45) is 5.84 Å². The predicted molar refractivity (Wildman–Crippen MR) is 125 cm³/mol. The van der Waals surface area contributed by atoms with Gasteiger partial charge in [0.2, 0.25) is 5.91 Å². The van der Waals surface area contributed by atoms with E-state index in [1.807, 2.05) is 48.2 Å². The summed E-state index contributed by atoms with van der Waals surface area (Å²) in [6.07, 6.45) is 2.26. The Labute approximate surface area is 189 Å². The van der Waals surface area contributed by atoms with Gasteiger partial charge in [-0.05, 0) is 48.2 Å². The molecule has 0 spiro atoms. The minimum absolute atomic E-state index is 0.124. The molecule has 1 fully saturated rings. The van der Waals surface area contributed by atoms with Crippen LogP contribution >= 0.6 is 0 Å². The number of nitrogens with one attached hydrogen (secondary N) is 1. The zero-order valence-corrected chi connectivity index (χ0v) is 18.7. The maximum Gasteiger partial charge on any atom is 0.227 e. The zero-order valence-electron chi connectivity index (χ0n) is 18.7. The molecule has 1 amide bonds. The fourth-order valence-electron chi connectivity index (χ4n) is 3.96. The number of hydrogen-bond donors (Lipinski definition) is 2. The van der Waals surface area contributed by atoms with Crippen molar-refractivity contribution in [3.05, 3.63) is 58.7 Å². The molecular weight excluding hydrogens is 404 g/mol. The molecule has 2 aromatic rings. The molecule has 1 saturated heterocycles. The average Bonchev–Trinajstić information content (AvgIpc) is 2.83. The third-order valence-electron chi connectivity index (χ3n) is 6.02. The van der Waals surface area contributed by atoms with E-state index >= 15 is 0 Å². The van der Waals surface area contributed by atoms with Crippen LogP contribution < -0.4 is 15.6 Å². The molecule has 3 N–H and O–H groups in total. The Morgan fingerprint density at radius 2 is 1.91 bits per heavy atom. The number of nitriles is 1. The molecule has 168 valence electrons. The number of amides is 1. The molecular formula is C24H30N6O2. The Morgan fingerprint density at radius 3 is 2.50 bits per heavy atom.